The third-order valence-electron chi connectivity index (χ3n) is 4.40. The molecule has 1 aliphatic rings. The minimum Gasteiger partial charge on any atom is -0.481 e. The Balaban J connectivity index is 2.18. The molecule has 0 aliphatic carbocycles. The normalized spacial score (nSPS) is 21.8. The van der Waals surface area contributed by atoms with Crippen LogP contribution >= 0.6 is 0 Å². The van der Waals surface area contributed by atoms with E-state index in [0.717, 1.165) is 5.69 Å². The number of hydrogen-bond acceptors (Lipinski definition) is 4. The number of carbonyl (C=O) groups excluding carboxylic acids is 1. The number of aromatic amines is 1. The molecule has 0 bridgehead atoms. The maximum Gasteiger partial charge on any atom is 0.311 e. The fourth-order valence-electron chi connectivity index (χ4n) is 3.03. The second-order valence-corrected chi connectivity index (χ2v) is 5.77. The number of amides is 1. The summed E-state index contributed by atoms with van der Waals surface area (Å²) in [5.41, 5.74) is 0.406. The topological polar surface area (TPSA) is 95.5 Å². The smallest absolute Gasteiger partial charge is 0.311 e. The SMILES string of the molecule is CCc1[nH]ncc1C(=O)N1CCC[C@](CCOC)(C(=O)O)C1. The molecule has 7 nitrogen and oxygen atoms in total. The number of piperidine rings is 1. The minimum atomic E-state index is -0.917. The van der Waals surface area contributed by atoms with E-state index in [9.17, 15) is 14.7 Å². The summed E-state index contributed by atoms with van der Waals surface area (Å²) in [6.07, 6.45) is 3.87. The summed E-state index contributed by atoms with van der Waals surface area (Å²) < 4.78 is 5.04. The summed E-state index contributed by atoms with van der Waals surface area (Å²) in [5, 5.41) is 16.4. The highest BCUT2D eigenvalue weighted by Gasteiger charge is 2.43. The molecule has 0 aromatic carbocycles. The average Bonchev–Trinajstić information content (AvgIpc) is 3.00. The summed E-state index contributed by atoms with van der Waals surface area (Å²) in [5.74, 6) is -1.00. The average molecular weight is 309 g/mol. The molecule has 122 valence electrons. The first kappa shape index (κ1) is 16.5. The molecule has 7 heteroatoms. The van der Waals surface area contributed by atoms with Crippen molar-refractivity contribution < 1.29 is 19.4 Å². The fourth-order valence-corrected chi connectivity index (χ4v) is 3.03. The van der Waals surface area contributed by atoms with Gasteiger partial charge >= 0.3 is 5.97 Å². The van der Waals surface area contributed by atoms with E-state index in [1.807, 2.05) is 6.92 Å². The molecule has 2 heterocycles. The Bertz CT molecular complexity index is 543. The number of carboxylic acid groups (broad SMARTS) is 1. The Labute approximate surface area is 129 Å². The van der Waals surface area contributed by atoms with Crippen molar-refractivity contribution in [2.45, 2.75) is 32.6 Å². The lowest BCUT2D eigenvalue weighted by molar-refractivity contribution is -0.153. The number of aromatic nitrogens is 2. The van der Waals surface area contributed by atoms with E-state index in [-0.39, 0.29) is 12.5 Å². The van der Waals surface area contributed by atoms with Gasteiger partial charge in [0.05, 0.1) is 17.2 Å². The number of carbonyl (C=O) groups is 2. The van der Waals surface area contributed by atoms with Crippen molar-refractivity contribution in [1.29, 1.82) is 0 Å². The lowest BCUT2D eigenvalue weighted by Gasteiger charge is -2.39. The van der Waals surface area contributed by atoms with E-state index in [1.165, 1.54) is 6.20 Å². The summed E-state index contributed by atoms with van der Waals surface area (Å²) in [7, 11) is 1.56. The van der Waals surface area contributed by atoms with Gasteiger partial charge < -0.3 is 14.7 Å². The number of H-pyrrole nitrogens is 1. The Morgan fingerprint density at radius 3 is 2.95 bits per heavy atom. The van der Waals surface area contributed by atoms with E-state index < -0.39 is 11.4 Å². The third-order valence-corrected chi connectivity index (χ3v) is 4.40. The molecule has 2 rings (SSSR count). The first-order valence-electron chi connectivity index (χ1n) is 7.58. The Hall–Kier alpha value is -1.89. The van der Waals surface area contributed by atoms with Gasteiger partial charge in [-0.1, -0.05) is 6.92 Å². The lowest BCUT2D eigenvalue weighted by atomic mass is 9.77. The zero-order chi connectivity index (χ0) is 16.2. The minimum absolute atomic E-state index is 0.145. The van der Waals surface area contributed by atoms with Crippen LogP contribution in [0.15, 0.2) is 6.20 Å². The number of aryl methyl sites for hydroxylation is 1. The number of ether oxygens (including phenoxy) is 1. The fraction of sp³-hybridized carbons (Fsp3) is 0.667. The van der Waals surface area contributed by atoms with Crippen molar-refractivity contribution in [3.8, 4) is 0 Å². The summed E-state index contributed by atoms with van der Waals surface area (Å²) >= 11 is 0. The predicted molar refractivity (Wildman–Crippen MR) is 79.7 cm³/mol. The highest BCUT2D eigenvalue weighted by molar-refractivity contribution is 5.95. The van der Waals surface area contributed by atoms with Crippen LogP contribution in [0, 0.1) is 5.41 Å². The van der Waals surface area contributed by atoms with Crippen molar-refractivity contribution >= 4 is 11.9 Å². The van der Waals surface area contributed by atoms with Gasteiger partial charge in [-0.15, -0.1) is 0 Å². The zero-order valence-electron chi connectivity index (χ0n) is 13.1. The predicted octanol–water partition coefficient (Wildman–Crippen LogP) is 1.32. The number of hydrogen-bond donors (Lipinski definition) is 2. The van der Waals surface area contributed by atoms with Crippen LogP contribution < -0.4 is 0 Å². The van der Waals surface area contributed by atoms with E-state index in [4.69, 9.17) is 4.74 Å². The number of rotatable bonds is 6. The van der Waals surface area contributed by atoms with E-state index in [2.05, 4.69) is 10.2 Å². The van der Waals surface area contributed by atoms with Crippen molar-refractivity contribution in [3.63, 3.8) is 0 Å². The monoisotopic (exact) mass is 309 g/mol. The van der Waals surface area contributed by atoms with Gasteiger partial charge in [-0.2, -0.15) is 5.10 Å². The largest absolute Gasteiger partial charge is 0.481 e. The Morgan fingerprint density at radius 1 is 1.55 bits per heavy atom. The molecule has 1 fully saturated rings. The van der Waals surface area contributed by atoms with Crippen molar-refractivity contribution in [3.05, 3.63) is 17.5 Å². The van der Waals surface area contributed by atoms with E-state index in [0.29, 0.717) is 44.4 Å². The molecule has 1 atom stereocenters. The van der Waals surface area contributed by atoms with Crippen LogP contribution in [0.5, 0.6) is 0 Å². The standard InChI is InChI=1S/C15H23N3O4/c1-3-12-11(9-16-17-12)13(19)18-7-4-5-15(10-18,14(20)21)6-8-22-2/h9H,3-8,10H2,1-2H3,(H,16,17)(H,20,21)/t15-/m1/s1. The second kappa shape index (κ2) is 6.91. The van der Waals surface area contributed by atoms with Gasteiger partial charge in [0.1, 0.15) is 0 Å². The summed E-state index contributed by atoms with van der Waals surface area (Å²) in [4.78, 5) is 26.1. The van der Waals surface area contributed by atoms with Crippen LogP contribution in [0.1, 0.15) is 42.2 Å². The van der Waals surface area contributed by atoms with Crippen LogP contribution in [0.4, 0.5) is 0 Å². The molecule has 1 amide bonds. The highest BCUT2D eigenvalue weighted by Crippen LogP contribution is 2.34. The first-order valence-corrected chi connectivity index (χ1v) is 7.58. The van der Waals surface area contributed by atoms with Crippen LogP contribution in [-0.4, -0.2) is 58.9 Å². The maximum absolute atomic E-state index is 12.7. The molecule has 0 spiro atoms. The third kappa shape index (κ3) is 3.14. The summed E-state index contributed by atoms with van der Waals surface area (Å²) in [6, 6.07) is 0. The van der Waals surface area contributed by atoms with Gasteiger partial charge in [0, 0.05) is 32.5 Å². The van der Waals surface area contributed by atoms with Crippen LogP contribution in [0.2, 0.25) is 0 Å². The molecule has 1 aliphatic heterocycles. The molecule has 1 saturated heterocycles. The zero-order valence-corrected chi connectivity index (χ0v) is 13.1. The van der Waals surface area contributed by atoms with Crippen LogP contribution in [0.3, 0.4) is 0 Å². The maximum atomic E-state index is 12.7. The molecule has 0 radical (unpaired) electrons. The van der Waals surface area contributed by atoms with Crippen molar-refractivity contribution in [2.75, 3.05) is 26.8 Å². The Morgan fingerprint density at radius 2 is 2.32 bits per heavy atom. The van der Waals surface area contributed by atoms with E-state index in [1.54, 1.807) is 12.0 Å². The van der Waals surface area contributed by atoms with Crippen molar-refractivity contribution in [2.24, 2.45) is 5.41 Å². The number of likely N-dealkylation sites (tertiary alicyclic amines) is 1. The number of carboxylic acids is 1. The number of nitrogens with zero attached hydrogens (tertiary/aromatic N) is 2. The van der Waals surface area contributed by atoms with Crippen LogP contribution in [-0.2, 0) is 16.0 Å². The van der Waals surface area contributed by atoms with Crippen molar-refractivity contribution in [1.82, 2.24) is 15.1 Å². The van der Waals surface area contributed by atoms with Gasteiger partial charge in [-0.3, -0.25) is 14.7 Å². The van der Waals surface area contributed by atoms with Gasteiger partial charge in [0.15, 0.2) is 0 Å². The number of nitrogens with one attached hydrogen (secondary N) is 1. The molecule has 0 unspecified atom stereocenters. The van der Waals surface area contributed by atoms with Gasteiger partial charge in [-0.05, 0) is 25.7 Å². The van der Waals surface area contributed by atoms with Gasteiger partial charge in [-0.25, -0.2) is 0 Å². The number of methoxy groups -OCH3 is 1. The van der Waals surface area contributed by atoms with Crippen LogP contribution in [0.25, 0.3) is 0 Å². The Kier molecular flexibility index (Phi) is 5.18. The molecular formula is C15H23N3O4. The molecular weight excluding hydrogens is 286 g/mol. The molecule has 22 heavy (non-hydrogen) atoms. The number of aliphatic carboxylic acids is 1. The molecule has 2 N–H and O–H groups in total. The van der Waals surface area contributed by atoms with Gasteiger partial charge in [0.25, 0.3) is 5.91 Å². The molecule has 0 saturated carbocycles. The molecule has 1 aromatic rings. The van der Waals surface area contributed by atoms with E-state index >= 15 is 0 Å². The highest BCUT2D eigenvalue weighted by atomic mass is 16.5. The first-order chi connectivity index (χ1) is 10.5. The summed E-state index contributed by atoms with van der Waals surface area (Å²) in [6.45, 7) is 3.12. The quantitative estimate of drug-likeness (QED) is 0.826. The second-order valence-electron chi connectivity index (χ2n) is 5.77. The lowest BCUT2D eigenvalue weighted by Crippen LogP contribution is -2.50. The van der Waals surface area contributed by atoms with Gasteiger partial charge in [0.2, 0.25) is 0 Å². The molecule has 1 aromatic heterocycles.